The van der Waals surface area contributed by atoms with Crippen LogP contribution in [-0.2, 0) is 37.4 Å². The molecule has 13 heteroatoms. The number of para-hydroxylation sites is 1. The molecule has 1 aliphatic rings. The zero-order chi connectivity index (χ0) is 32.7. The largest absolute Gasteiger partial charge is 0.468 e. The summed E-state index contributed by atoms with van der Waals surface area (Å²) >= 11 is 7.77. The maximum absolute atomic E-state index is 12.8. The van der Waals surface area contributed by atoms with Crippen molar-refractivity contribution in [1.29, 1.82) is 0 Å². The van der Waals surface area contributed by atoms with Crippen molar-refractivity contribution in [2.24, 2.45) is 0 Å². The Hall–Kier alpha value is -4.07. The molecule has 5 rings (SSSR count). The van der Waals surface area contributed by atoms with Crippen LogP contribution in [0, 0.1) is 6.92 Å². The Labute approximate surface area is 269 Å². The van der Waals surface area contributed by atoms with Gasteiger partial charge >= 0.3 is 17.9 Å². The SMILES string of the molecule is COC(=O)[C@H](c1ccccc1Cl)N1CCc2sc(OC(=O)c3ccccc3OC(C)=O)cc2C1.Cc1ccc(S(=O)(=O)O)cc1. The van der Waals surface area contributed by atoms with E-state index in [9.17, 15) is 22.8 Å². The fraction of sp³-hybridized carbons (Fsp3) is 0.219. The van der Waals surface area contributed by atoms with Gasteiger partial charge in [0, 0.05) is 29.9 Å². The predicted molar refractivity (Wildman–Crippen MR) is 168 cm³/mol. The van der Waals surface area contributed by atoms with Gasteiger partial charge in [-0.25, -0.2) is 9.59 Å². The van der Waals surface area contributed by atoms with E-state index >= 15 is 0 Å². The van der Waals surface area contributed by atoms with Gasteiger partial charge in [0.15, 0.2) is 5.06 Å². The molecule has 0 bridgehead atoms. The number of esters is 3. The van der Waals surface area contributed by atoms with E-state index in [1.807, 2.05) is 30.0 Å². The van der Waals surface area contributed by atoms with Gasteiger partial charge in [-0.1, -0.05) is 59.6 Å². The summed E-state index contributed by atoms with van der Waals surface area (Å²) in [7, 11) is -2.66. The highest BCUT2D eigenvalue weighted by molar-refractivity contribution is 7.85. The molecule has 0 aliphatic carbocycles. The molecule has 0 amide bonds. The van der Waals surface area contributed by atoms with Gasteiger partial charge in [-0.3, -0.25) is 14.2 Å². The molecule has 1 aliphatic heterocycles. The minimum atomic E-state index is -4.02. The Kier molecular flexibility index (Phi) is 11.1. The van der Waals surface area contributed by atoms with Gasteiger partial charge in [-0.15, -0.1) is 11.3 Å². The van der Waals surface area contributed by atoms with Gasteiger partial charge in [0.25, 0.3) is 10.1 Å². The third-order valence-electron chi connectivity index (χ3n) is 6.74. The molecule has 0 spiro atoms. The van der Waals surface area contributed by atoms with Crippen molar-refractivity contribution in [2.45, 2.75) is 37.8 Å². The summed E-state index contributed by atoms with van der Waals surface area (Å²) in [5.41, 5.74) is 2.77. The second-order valence-corrected chi connectivity index (χ2v) is 12.9. The molecule has 0 unspecified atom stereocenters. The van der Waals surface area contributed by atoms with Crippen LogP contribution in [0.25, 0.3) is 0 Å². The van der Waals surface area contributed by atoms with Crippen LogP contribution in [0.1, 0.15) is 44.9 Å². The lowest BCUT2D eigenvalue weighted by atomic mass is 10.0. The summed E-state index contributed by atoms with van der Waals surface area (Å²) in [4.78, 5) is 39.8. The van der Waals surface area contributed by atoms with Crippen molar-refractivity contribution >= 4 is 51.0 Å². The number of benzene rings is 3. The fourth-order valence-corrected chi connectivity index (χ4v) is 6.34. The Balaban J connectivity index is 0.000000354. The minimum Gasteiger partial charge on any atom is -0.468 e. The van der Waals surface area contributed by atoms with Crippen LogP contribution in [0.3, 0.4) is 0 Å². The highest BCUT2D eigenvalue weighted by Crippen LogP contribution is 2.38. The molecule has 0 saturated carbocycles. The number of rotatable bonds is 7. The molecule has 4 aromatic rings. The molecule has 10 nitrogen and oxygen atoms in total. The Bertz CT molecular complexity index is 1800. The van der Waals surface area contributed by atoms with Gasteiger partial charge < -0.3 is 14.2 Å². The molecule has 2 heterocycles. The van der Waals surface area contributed by atoms with Crippen LogP contribution in [-0.4, -0.2) is 49.4 Å². The van der Waals surface area contributed by atoms with Gasteiger partial charge in [0.05, 0.1) is 12.0 Å². The minimum absolute atomic E-state index is 0.0666. The first-order valence-electron chi connectivity index (χ1n) is 13.6. The molecule has 45 heavy (non-hydrogen) atoms. The first-order valence-corrected chi connectivity index (χ1v) is 16.2. The van der Waals surface area contributed by atoms with Crippen LogP contribution in [0.5, 0.6) is 10.8 Å². The molecule has 0 fully saturated rings. The maximum atomic E-state index is 12.8. The Morgan fingerprint density at radius 2 is 1.64 bits per heavy atom. The van der Waals surface area contributed by atoms with Crippen molar-refractivity contribution in [2.75, 3.05) is 13.7 Å². The second-order valence-electron chi connectivity index (χ2n) is 9.95. The van der Waals surface area contributed by atoms with Crippen LogP contribution < -0.4 is 9.47 Å². The number of carbonyl (C=O) groups excluding carboxylic acids is 3. The molecular formula is C32H30ClNO9S2. The molecule has 0 radical (unpaired) electrons. The lowest BCUT2D eigenvalue weighted by Gasteiger charge is -2.33. The summed E-state index contributed by atoms with van der Waals surface area (Å²) in [6, 6.07) is 20.8. The number of carbonyl (C=O) groups is 3. The van der Waals surface area contributed by atoms with Crippen molar-refractivity contribution in [3.8, 4) is 10.8 Å². The van der Waals surface area contributed by atoms with Crippen molar-refractivity contribution in [3.05, 3.63) is 111 Å². The van der Waals surface area contributed by atoms with E-state index in [0.717, 1.165) is 16.0 Å². The number of hydrogen-bond acceptors (Lipinski definition) is 10. The third-order valence-corrected chi connectivity index (χ3v) is 9.06. The topological polar surface area (TPSA) is 137 Å². The highest BCUT2D eigenvalue weighted by atomic mass is 35.5. The lowest BCUT2D eigenvalue weighted by Crippen LogP contribution is -2.38. The summed E-state index contributed by atoms with van der Waals surface area (Å²) in [6.45, 7) is 4.19. The van der Waals surface area contributed by atoms with Crippen molar-refractivity contribution in [1.82, 2.24) is 4.90 Å². The van der Waals surface area contributed by atoms with E-state index in [-0.39, 0.29) is 22.2 Å². The average Bonchev–Trinajstić information content (AvgIpc) is 3.39. The first kappa shape index (κ1) is 33.8. The average molecular weight is 672 g/mol. The zero-order valence-corrected chi connectivity index (χ0v) is 26.9. The standard InChI is InChI=1S/C25H22ClNO6S.C7H8O3S/c1-15(28)32-20-10-6-4-8-18(20)24(29)33-22-13-16-14-27(12-11-21(16)34-22)23(25(30)31-2)17-7-3-5-9-19(17)26;1-6-2-4-7(5-3-6)11(8,9)10/h3-10,13,23H,11-12,14H2,1-2H3;2-5H,1H3,(H,8,9,10)/t23-;/m0./s1. The van der Waals surface area contributed by atoms with Gasteiger partial charge in [-0.05, 0) is 60.9 Å². The molecule has 1 atom stereocenters. The normalized spacial score (nSPS) is 13.4. The summed E-state index contributed by atoms with van der Waals surface area (Å²) in [6.07, 6.45) is 0.680. The molecule has 236 valence electrons. The van der Waals surface area contributed by atoms with Crippen LogP contribution >= 0.6 is 22.9 Å². The van der Waals surface area contributed by atoms with Crippen LogP contribution in [0.4, 0.5) is 0 Å². The summed E-state index contributed by atoms with van der Waals surface area (Å²) < 4.78 is 45.3. The number of fused-ring (bicyclic) bond motifs is 1. The number of methoxy groups -OCH3 is 1. The van der Waals surface area contributed by atoms with Crippen LogP contribution in [0.2, 0.25) is 5.02 Å². The van der Waals surface area contributed by atoms with E-state index in [1.165, 1.54) is 43.6 Å². The van der Waals surface area contributed by atoms with Crippen molar-refractivity contribution < 1.29 is 41.6 Å². The number of ether oxygens (including phenoxy) is 3. The van der Waals surface area contributed by atoms with Gasteiger partial charge in [-0.2, -0.15) is 8.42 Å². The van der Waals surface area contributed by atoms with Gasteiger partial charge in [0.2, 0.25) is 0 Å². The molecule has 3 aromatic carbocycles. The quantitative estimate of drug-likeness (QED) is 0.140. The number of nitrogens with zero attached hydrogens (tertiary/aromatic N) is 1. The monoisotopic (exact) mass is 671 g/mol. The lowest BCUT2D eigenvalue weighted by molar-refractivity contribution is -0.147. The fourth-order valence-electron chi connectivity index (χ4n) is 4.62. The molecule has 1 N–H and O–H groups in total. The maximum Gasteiger partial charge on any atom is 0.348 e. The van der Waals surface area contributed by atoms with E-state index in [2.05, 4.69) is 0 Å². The van der Waals surface area contributed by atoms with E-state index < -0.39 is 28.1 Å². The molecular weight excluding hydrogens is 642 g/mol. The molecule has 1 aromatic heterocycles. The highest BCUT2D eigenvalue weighted by Gasteiger charge is 2.33. The van der Waals surface area contributed by atoms with E-state index in [0.29, 0.717) is 35.2 Å². The van der Waals surface area contributed by atoms with Crippen molar-refractivity contribution in [3.63, 3.8) is 0 Å². The number of hydrogen-bond donors (Lipinski definition) is 1. The third kappa shape index (κ3) is 8.77. The molecule has 0 saturated heterocycles. The smallest absolute Gasteiger partial charge is 0.348 e. The number of thiophene rings is 1. The van der Waals surface area contributed by atoms with Gasteiger partial charge in [0.1, 0.15) is 17.4 Å². The number of aryl methyl sites for hydroxylation is 1. The second kappa shape index (κ2) is 14.8. The predicted octanol–water partition coefficient (Wildman–Crippen LogP) is 6.06. The van der Waals surface area contributed by atoms with E-state index in [4.69, 9.17) is 30.4 Å². The van der Waals surface area contributed by atoms with E-state index in [1.54, 1.807) is 42.5 Å². The van der Waals surface area contributed by atoms with Crippen LogP contribution in [0.15, 0.2) is 83.8 Å². The Morgan fingerprint density at radius 3 is 2.29 bits per heavy atom. The summed E-state index contributed by atoms with van der Waals surface area (Å²) in [5, 5.41) is 0.928. The summed E-state index contributed by atoms with van der Waals surface area (Å²) in [5.74, 6) is -1.38. The number of halogens is 1. The first-order chi connectivity index (χ1) is 21.4. The zero-order valence-electron chi connectivity index (χ0n) is 24.6. The Morgan fingerprint density at radius 1 is 0.978 bits per heavy atom.